The van der Waals surface area contributed by atoms with Crippen molar-refractivity contribution in [3.63, 3.8) is 0 Å². The van der Waals surface area contributed by atoms with E-state index in [0.29, 0.717) is 0 Å². The third-order valence-electron chi connectivity index (χ3n) is 4.54. The maximum absolute atomic E-state index is 10.3. The van der Waals surface area contributed by atoms with Crippen LogP contribution >= 0.6 is 0 Å². The first-order valence-corrected chi connectivity index (χ1v) is 9.60. The van der Waals surface area contributed by atoms with Crippen LogP contribution in [0.1, 0.15) is 104 Å². The van der Waals surface area contributed by atoms with Crippen LogP contribution in [0, 0.1) is 5.92 Å². The predicted octanol–water partition coefficient (Wildman–Crippen LogP) is 6.74. The van der Waals surface area contributed by atoms with Gasteiger partial charge in [-0.2, -0.15) is 0 Å². The summed E-state index contributed by atoms with van der Waals surface area (Å²) in [6.45, 7) is 4.59. The fraction of sp³-hybridized carbons (Fsp3) is 0.850. The first-order chi connectivity index (χ1) is 10.7. The van der Waals surface area contributed by atoms with E-state index >= 15 is 0 Å². The first kappa shape index (κ1) is 21.2. The third-order valence-corrected chi connectivity index (χ3v) is 4.54. The molecule has 0 aliphatic heterocycles. The molecule has 2 heteroatoms. The third kappa shape index (κ3) is 15.6. The van der Waals surface area contributed by atoms with Gasteiger partial charge in [-0.1, -0.05) is 97.0 Å². The molecule has 22 heavy (non-hydrogen) atoms. The summed E-state index contributed by atoms with van der Waals surface area (Å²) in [5.41, 5.74) is 0. The Labute approximate surface area is 138 Å². The minimum Gasteiger partial charge on any atom is -0.478 e. The SMILES string of the molecule is CCCCCCCCCC(CC)CCCCC/C=C\C(=O)O. The summed E-state index contributed by atoms with van der Waals surface area (Å²) in [5, 5.41) is 8.50. The van der Waals surface area contributed by atoms with Crippen molar-refractivity contribution in [2.75, 3.05) is 0 Å². The van der Waals surface area contributed by atoms with Gasteiger partial charge in [0.1, 0.15) is 0 Å². The molecule has 1 atom stereocenters. The van der Waals surface area contributed by atoms with E-state index in [-0.39, 0.29) is 0 Å². The molecule has 0 spiro atoms. The van der Waals surface area contributed by atoms with Crippen LogP contribution in [0.2, 0.25) is 0 Å². The lowest BCUT2D eigenvalue weighted by Gasteiger charge is -2.14. The Balaban J connectivity index is 3.41. The van der Waals surface area contributed by atoms with Gasteiger partial charge in [0, 0.05) is 6.08 Å². The van der Waals surface area contributed by atoms with Crippen molar-refractivity contribution < 1.29 is 9.90 Å². The largest absolute Gasteiger partial charge is 0.478 e. The molecule has 1 unspecified atom stereocenters. The van der Waals surface area contributed by atoms with Crippen molar-refractivity contribution in [2.45, 2.75) is 104 Å². The van der Waals surface area contributed by atoms with Gasteiger partial charge in [0.25, 0.3) is 0 Å². The first-order valence-electron chi connectivity index (χ1n) is 9.60. The van der Waals surface area contributed by atoms with Crippen LogP contribution in [0.4, 0.5) is 0 Å². The van der Waals surface area contributed by atoms with Gasteiger partial charge in [0.05, 0.1) is 0 Å². The number of carboxylic acid groups (broad SMARTS) is 1. The van der Waals surface area contributed by atoms with Gasteiger partial charge in [-0.25, -0.2) is 4.79 Å². The topological polar surface area (TPSA) is 37.3 Å². The lowest BCUT2D eigenvalue weighted by Crippen LogP contribution is -1.99. The van der Waals surface area contributed by atoms with Crippen molar-refractivity contribution in [1.82, 2.24) is 0 Å². The number of hydrogen-bond acceptors (Lipinski definition) is 1. The van der Waals surface area contributed by atoms with Crippen LogP contribution in [-0.2, 0) is 4.79 Å². The van der Waals surface area contributed by atoms with Gasteiger partial charge >= 0.3 is 5.97 Å². The van der Waals surface area contributed by atoms with E-state index in [4.69, 9.17) is 5.11 Å². The van der Waals surface area contributed by atoms with Crippen LogP contribution in [-0.4, -0.2) is 11.1 Å². The second-order valence-electron chi connectivity index (χ2n) is 6.56. The Hall–Kier alpha value is -0.790. The highest BCUT2D eigenvalue weighted by atomic mass is 16.4. The smallest absolute Gasteiger partial charge is 0.327 e. The highest BCUT2D eigenvalue weighted by Crippen LogP contribution is 2.21. The van der Waals surface area contributed by atoms with Crippen LogP contribution in [0.3, 0.4) is 0 Å². The minimum atomic E-state index is -0.833. The van der Waals surface area contributed by atoms with Gasteiger partial charge in [-0.15, -0.1) is 0 Å². The van der Waals surface area contributed by atoms with Crippen molar-refractivity contribution in [1.29, 1.82) is 0 Å². The standard InChI is InChI=1S/C20H38O2/c1-3-5-6-7-8-10-13-16-19(4-2)17-14-11-9-12-15-18-20(21)22/h15,18-19H,3-14,16-17H2,1-2H3,(H,21,22)/b18-15-. The van der Waals surface area contributed by atoms with E-state index in [9.17, 15) is 4.79 Å². The summed E-state index contributed by atoms with van der Waals surface area (Å²) in [4.78, 5) is 10.3. The molecule has 0 aromatic rings. The van der Waals surface area contributed by atoms with Crippen LogP contribution < -0.4 is 0 Å². The fourth-order valence-electron chi connectivity index (χ4n) is 3.00. The second-order valence-corrected chi connectivity index (χ2v) is 6.56. The summed E-state index contributed by atoms with van der Waals surface area (Å²) in [6.07, 6.45) is 21.5. The van der Waals surface area contributed by atoms with Crippen molar-refractivity contribution in [3.8, 4) is 0 Å². The van der Waals surface area contributed by atoms with Crippen LogP contribution in [0.5, 0.6) is 0 Å². The van der Waals surface area contributed by atoms with E-state index in [1.165, 1.54) is 83.1 Å². The predicted molar refractivity (Wildman–Crippen MR) is 96.3 cm³/mol. The number of aliphatic carboxylic acids is 1. The number of allylic oxidation sites excluding steroid dienone is 1. The summed E-state index contributed by atoms with van der Waals surface area (Å²) >= 11 is 0. The number of hydrogen-bond donors (Lipinski definition) is 1. The molecule has 0 radical (unpaired) electrons. The molecule has 0 aliphatic rings. The molecule has 0 saturated heterocycles. The Morgan fingerprint density at radius 2 is 1.41 bits per heavy atom. The van der Waals surface area contributed by atoms with Gasteiger partial charge in [0.2, 0.25) is 0 Å². The zero-order valence-electron chi connectivity index (χ0n) is 15.0. The maximum Gasteiger partial charge on any atom is 0.327 e. The number of carboxylic acids is 1. The van der Waals surface area contributed by atoms with Gasteiger partial charge in [0.15, 0.2) is 0 Å². The zero-order chi connectivity index (χ0) is 16.5. The molecule has 0 aliphatic carbocycles. The Morgan fingerprint density at radius 1 is 0.864 bits per heavy atom. The van der Waals surface area contributed by atoms with E-state index in [1.54, 1.807) is 6.08 Å². The maximum atomic E-state index is 10.3. The molecular weight excluding hydrogens is 272 g/mol. The van der Waals surface area contributed by atoms with E-state index in [1.807, 2.05) is 0 Å². The summed E-state index contributed by atoms with van der Waals surface area (Å²) in [5.74, 6) is 0.0749. The molecule has 0 bridgehead atoms. The molecule has 1 N–H and O–H groups in total. The molecule has 0 aromatic heterocycles. The number of rotatable bonds is 16. The lowest BCUT2D eigenvalue weighted by atomic mass is 9.92. The average molecular weight is 311 g/mol. The van der Waals surface area contributed by atoms with Crippen LogP contribution in [0.25, 0.3) is 0 Å². The van der Waals surface area contributed by atoms with Crippen molar-refractivity contribution in [2.24, 2.45) is 5.92 Å². The number of unbranched alkanes of at least 4 members (excludes halogenated alkanes) is 9. The van der Waals surface area contributed by atoms with Gasteiger partial charge in [-0.05, 0) is 18.8 Å². The monoisotopic (exact) mass is 310 g/mol. The summed E-state index contributed by atoms with van der Waals surface area (Å²) in [7, 11) is 0. The highest BCUT2D eigenvalue weighted by molar-refractivity contribution is 5.79. The molecule has 0 amide bonds. The Morgan fingerprint density at radius 3 is 1.95 bits per heavy atom. The minimum absolute atomic E-state index is 0.833. The molecule has 0 saturated carbocycles. The lowest BCUT2D eigenvalue weighted by molar-refractivity contribution is -0.131. The summed E-state index contributed by atoms with van der Waals surface area (Å²) < 4.78 is 0. The molecule has 2 nitrogen and oxygen atoms in total. The molecule has 0 heterocycles. The fourth-order valence-corrected chi connectivity index (χ4v) is 3.00. The summed E-state index contributed by atoms with van der Waals surface area (Å²) in [6, 6.07) is 0. The van der Waals surface area contributed by atoms with E-state index in [2.05, 4.69) is 13.8 Å². The average Bonchev–Trinajstić information content (AvgIpc) is 2.50. The Bertz CT molecular complexity index is 271. The molecule has 0 fully saturated rings. The second kappa shape index (κ2) is 16.6. The normalized spacial score (nSPS) is 12.8. The number of carbonyl (C=O) groups is 1. The van der Waals surface area contributed by atoms with Gasteiger partial charge in [-0.3, -0.25) is 0 Å². The quantitative estimate of drug-likeness (QED) is 0.253. The molecular formula is C20H38O2. The molecule has 0 aromatic carbocycles. The van der Waals surface area contributed by atoms with Crippen LogP contribution in [0.15, 0.2) is 12.2 Å². The van der Waals surface area contributed by atoms with Crippen molar-refractivity contribution in [3.05, 3.63) is 12.2 Å². The molecule has 130 valence electrons. The van der Waals surface area contributed by atoms with E-state index < -0.39 is 5.97 Å². The zero-order valence-corrected chi connectivity index (χ0v) is 15.0. The highest BCUT2D eigenvalue weighted by Gasteiger charge is 2.05. The Kier molecular flexibility index (Phi) is 16.0. The van der Waals surface area contributed by atoms with Crippen molar-refractivity contribution >= 4 is 5.97 Å². The van der Waals surface area contributed by atoms with Gasteiger partial charge < -0.3 is 5.11 Å². The molecule has 0 rings (SSSR count). The van der Waals surface area contributed by atoms with E-state index in [0.717, 1.165) is 18.8 Å².